The Morgan fingerprint density at radius 3 is 2.42 bits per heavy atom. The first kappa shape index (κ1) is 19.5. The minimum Gasteiger partial charge on any atom is -0.495 e. The van der Waals surface area contributed by atoms with E-state index in [1.165, 1.54) is 29.8 Å². The van der Waals surface area contributed by atoms with Crippen molar-refractivity contribution >= 4 is 31.6 Å². The van der Waals surface area contributed by atoms with Crippen LogP contribution in [0.1, 0.15) is 12.8 Å². The maximum absolute atomic E-state index is 12.5. The monoisotopic (exact) mass is 396 g/mol. The van der Waals surface area contributed by atoms with E-state index in [9.17, 15) is 16.8 Å². The number of methoxy groups -OCH3 is 1. The third-order valence-corrected chi connectivity index (χ3v) is 7.00. The molecule has 0 unspecified atom stereocenters. The summed E-state index contributed by atoms with van der Waals surface area (Å²) in [4.78, 5) is -0.00827. The van der Waals surface area contributed by atoms with E-state index in [0.717, 1.165) is 0 Å². The number of sulfonamides is 2. The molecule has 0 bridgehead atoms. The molecule has 1 aromatic carbocycles. The second-order valence-corrected chi connectivity index (χ2v) is 9.91. The summed E-state index contributed by atoms with van der Waals surface area (Å²) in [6, 6.07) is 4.40. The van der Waals surface area contributed by atoms with Crippen LogP contribution in [0.3, 0.4) is 0 Å². The summed E-state index contributed by atoms with van der Waals surface area (Å²) in [5.74, 6) is 0.307. The zero-order chi connectivity index (χ0) is 18.0. The molecule has 0 atom stereocenters. The lowest BCUT2D eigenvalue weighted by Gasteiger charge is -2.30. The predicted octanol–water partition coefficient (Wildman–Crippen LogP) is 1.30. The Bertz CT molecular complexity index is 787. The van der Waals surface area contributed by atoms with Crippen molar-refractivity contribution in [1.29, 1.82) is 0 Å². The largest absolute Gasteiger partial charge is 0.495 e. The minimum atomic E-state index is -3.76. The van der Waals surface area contributed by atoms with Gasteiger partial charge in [0, 0.05) is 24.7 Å². The van der Waals surface area contributed by atoms with Crippen LogP contribution in [0.25, 0.3) is 0 Å². The number of nitrogens with one attached hydrogen (secondary N) is 1. The van der Waals surface area contributed by atoms with Gasteiger partial charge in [-0.2, -0.15) is 0 Å². The molecule has 0 aliphatic carbocycles. The normalized spacial score (nSPS) is 17.8. The van der Waals surface area contributed by atoms with Crippen molar-refractivity contribution in [3.8, 4) is 5.75 Å². The van der Waals surface area contributed by atoms with Crippen molar-refractivity contribution in [3.63, 3.8) is 0 Å². The number of ether oxygens (including phenoxy) is 1. The first-order chi connectivity index (χ1) is 11.1. The average Bonchev–Trinajstić information content (AvgIpc) is 2.52. The minimum absolute atomic E-state index is 0.00827. The number of rotatable bonds is 6. The molecule has 10 heteroatoms. The fraction of sp³-hybridized carbons (Fsp3) is 0.571. The quantitative estimate of drug-likeness (QED) is 0.782. The van der Waals surface area contributed by atoms with Crippen LogP contribution >= 0.6 is 11.6 Å². The average molecular weight is 397 g/mol. The molecular weight excluding hydrogens is 376 g/mol. The summed E-state index contributed by atoms with van der Waals surface area (Å²) in [5.41, 5.74) is 0. The molecule has 1 N–H and O–H groups in total. The molecule has 7 nitrogen and oxygen atoms in total. The van der Waals surface area contributed by atoms with Crippen LogP contribution < -0.4 is 9.46 Å². The topological polar surface area (TPSA) is 92.8 Å². The van der Waals surface area contributed by atoms with Crippen LogP contribution in [0, 0.1) is 5.92 Å². The number of hydrogen-bond acceptors (Lipinski definition) is 5. The molecule has 0 aromatic heterocycles. The molecule has 1 saturated heterocycles. The van der Waals surface area contributed by atoms with Gasteiger partial charge in [0.15, 0.2) is 0 Å². The maximum Gasteiger partial charge on any atom is 0.244 e. The second-order valence-electron chi connectivity index (χ2n) is 5.75. The molecule has 1 fully saturated rings. The molecule has 1 aliphatic heterocycles. The van der Waals surface area contributed by atoms with Gasteiger partial charge in [-0.1, -0.05) is 11.6 Å². The molecule has 1 heterocycles. The second kappa shape index (κ2) is 7.57. The van der Waals surface area contributed by atoms with Gasteiger partial charge in [0.25, 0.3) is 0 Å². The summed E-state index contributed by atoms with van der Waals surface area (Å²) < 4.78 is 57.0. The first-order valence-corrected chi connectivity index (χ1v) is 11.1. The Hall–Kier alpha value is -0.870. The Kier molecular flexibility index (Phi) is 6.14. The first-order valence-electron chi connectivity index (χ1n) is 7.42. The molecule has 1 aromatic rings. The van der Waals surface area contributed by atoms with Crippen LogP contribution in [0.2, 0.25) is 5.02 Å². The molecule has 24 heavy (non-hydrogen) atoms. The van der Waals surface area contributed by atoms with Gasteiger partial charge in [0.2, 0.25) is 20.0 Å². The van der Waals surface area contributed by atoms with E-state index in [1.54, 1.807) is 6.07 Å². The highest BCUT2D eigenvalue weighted by Crippen LogP contribution is 2.27. The fourth-order valence-corrected chi connectivity index (χ4v) is 5.03. The number of halogens is 1. The van der Waals surface area contributed by atoms with Crippen molar-refractivity contribution in [1.82, 2.24) is 9.03 Å². The molecule has 0 saturated carbocycles. The third kappa shape index (κ3) is 4.82. The maximum atomic E-state index is 12.5. The Morgan fingerprint density at radius 1 is 1.25 bits per heavy atom. The number of nitrogens with zero attached hydrogens (tertiary/aromatic N) is 1. The van der Waals surface area contributed by atoms with Crippen LogP contribution in [-0.2, 0) is 20.0 Å². The van der Waals surface area contributed by atoms with Crippen LogP contribution in [-0.4, -0.2) is 54.1 Å². The molecule has 1 aliphatic rings. The molecule has 136 valence electrons. The lowest BCUT2D eigenvalue weighted by Crippen LogP contribution is -2.41. The fourth-order valence-electron chi connectivity index (χ4n) is 2.61. The van der Waals surface area contributed by atoms with Gasteiger partial charge in [-0.15, -0.1) is 0 Å². The van der Waals surface area contributed by atoms with Gasteiger partial charge >= 0.3 is 0 Å². The van der Waals surface area contributed by atoms with E-state index in [1.807, 2.05) is 0 Å². The van der Waals surface area contributed by atoms with Gasteiger partial charge in [0.1, 0.15) is 10.6 Å². The standard InChI is InChI=1S/C14H21ClN2O5S2/c1-22-13-4-3-12(15)9-14(13)24(20,21)16-10-11-5-7-17(8-6-11)23(2,18)19/h3-4,9,11,16H,5-8,10H2,1-2H3. The third-order valence-electron chi connectivity index (χ3n) is 4.02. The van der Waals surface area contributed by atoms with Crippen molar-refractivity contribution in [2.24, 2.45) is 5.92 Å². The van der Waals surface area contributed by atoms with Crippen LogP contribution in [0.5, 0.6) is 5.75 Å². The zero-order valence-electron chi connectivity index (χ0n) is 13.5. The van der Waals surface area contributed by atoms with Gasteiger partial charge in [-0.05, 0) is 37.0 Å². The summed E-state index contributed by atoms with van der Waals surface area (Å²) in [7, 11) is -5.55. The van der Waals surface area contributed by atoms with Gasteiger partial charge in [-0.25, -0.2) is 25.9 Å². The van der Waals surface area contributed by atoms with Crippen molar-refractivity contribution in [2.45, 2.75) is 17.7 Å². The molecule has 0 spiro atoms. The van der Waals surface area contributed by atoms with Gasteiger partial charge in [-0.3, -0.25) is 0 Å². The lowest BCUT2D eigenvalue weighted by molar-refractivity contribution is 0.275. The van der Waals surface area contributed by atoms with Crippen molar-refractivity contribution < 1.29 is 21.6 Å². The number of benzene rings is 1. The lowest BCUT2D eigenvalue weighted by atomic mass is 9.99. The Labute approximate surface area is 148 Å². The highest BCUT2D eigenvalue weighted by atomic mass is 35.5. The smallest absolute Gasteiger partial charge is 0.244 e. The van der Waals surface area contributed by atoms with Crippen LogP contribution in [0.4, 0.5) is 0 Å². The van der Waals surface area contributed by atoms with Crippen LogP contribution in [0.15, 0.2) is 23.1 Å². The van der Waals surface area contributed by atoms with E-state index < -0.39 is 20.0 Å². The van der Waals surface area contributed by atoms with E-state index in [-0.39, 0.29) is 23.1 Å². The van der Waals surface area contributed by atoms with Crippen molar-refractivity contribution in [2.75, 3.05) is 33.0 Å². The molecule has 0 radical (unpaired) electrons. The predicted molar refractivity (Wildman–Crippen MR) is 92.3 cm³/mol. The van der Waals surface area contributed by atoms with Gasteiger partial charge < -0.3 is 4.74 Å². The van der Waals surface area contributed by atoms with E-state index in [2.05, 4.69) is 4.72 Å². The number of piperidine rings is 1. The number of hydrogen-bond donors (Lipinski definition) is 1. The van der Waals surface area contributed by atoms with Gasteiger partial charge in [0.05, 0.1) is 13.4 Å². The van der Waals surface area contributed by atoms with E-state index in [4.69, 9.17) is 16.3 Å². The summed E-state index contributed by atoms with van der Waals surface area (Å²) in [6.45, 7) is 1.06. The summed E-state index contributed by atoms with van der Waals surface area (Å²) in [5, 5.41) is 0.303. The van der Waals surface area contributed by atoms with Crippen molar-refractivity contribution in [3.05, 3.63) is 23.2 Å². The molecular formula is C14H21ClN2O5S2. The van der Waals surface area contributed by atoms with E-state index in [0.29, 0.717) is 31.0 Å². The Balaban J connectivity index is 2.01. The molecule has 2 rings (SSSR count). The highest BCUT2D eigenvalue weighted by Gasteiger charge is 2.27. The van der Waals surface area contributed by atoms with E-state index >= 15 is 0 Å². The zero-order valence-corrected chi connectivity index (χ0v) is 15.9. The Morgan fingerprint density at radius 2 is 1.88 bits per heavy atom. The highest BCUT2D eigenvalue weighted by molar-refractivity contribution is 7.89. The molecule has 0 amide bonds. The summed E-state index contributed by atoms with van der Waals surface area (Å²) >= 11 is 5.88. The SMILES string of the molecule is COc1ccc(Cl)cc1S(=O)(=O)NCC1CCN(S(C)(=O)=O)CC1. The summed E-state index contributed by atoms with van der Waals surface area (Å²) in [6.07, 6.45) is 2.41.